The van der Waals surface area contributed by atoms with E-state index in [0.29, 0.717) is 12.1 Å². The summed E-state index contributed by atoms with van der Waals surface area (Å²) in [4.78, 5) is 5.08. The number of hydrogen-bond donors (Lipinski definition) is 1. The molecular formula is C14H29N3. The summed E-state index contributed by atoms with van der Waals surface area (Å²) in [5.74, 6) is 0. The van der Waals surface area contributed by atoms with Gasteiger partial charge in [-0.2, -0.15) is 0 Å². The van der Waals surface area contributed by atoms with Gasteiger partial charge in [-0.15, -0.1) is 0 Å². The van der Waals surface area contributed by atoms with Crippen molar-refractivity contribution in [3.63, 3.8) is 0 Å². The van der Waals surface area contributed by atoms with Crippen LogP contribution in [0.15, 0.2) is 0 Å². The molecule has 1 aliphatic carbocycles. The molecule has 17 heavy (non-hydrogen) atoms. The molecule has 100 valence electrons. The maximum atomic E-state index is 6.56. The molecule has 0 amide bonds. The first-order chi connectivity index (χ1) is 8.00. The number of piperazine rings is 1. The highest BCUT2D eigenvalue weighted by Crippen LogP contribution is 2.27. The molecule has 0 aromatic rings. The van der Waals surface area contributed by atoms with Crippen LogP contribution in [0.1, 0.15) is 46.0 Å². The minimum Gasteiger partial charge on any atom is -0.324 e. The normalized spacial score (nSPS) is 36.0. The van der Waals surface area contributed by atoms with Gasteiger partial charge in [-0.3, -0.25) is 9.80 Å². The lowest BCUT2D eigenvalue weighted by Gasteiger charge is -2.46. The predicted octanol–water partition coefficient (Wildman–Crippen LogP) is 1.67. The molecule has 2 unspecified atom stereocenters. The van der Waals surface area contributed by atoms with Crippen LogP contribution in [0, 0.1) is 0 Å². The van der Waals surface area contributed by atoms with Crippen LogP contribution in [0.25, 0.3) is 0 Å². The second-order valence-electron chi connectivity index (χ2n) is 6.48. The van der Waals surface area contributed by atoms with Crippen molar-refractivity contribution in [3.05, 3.63) is 0 Å². The van der Waals surface area contributed by atoms with Gasteiger partial charge in [0.2, 0.25) is 0 Å². The maximum Gasteiger partial charge on any atom is 0.0283 e. The molecule has 1 heterocycles. The standard InChI is InChI=1S/C14H29N3/c1-12-9-17(10-13(2)16(12)3)11-14(15)7-5-4-6-8-14/h12-13H,4-11,15H2,1-3H3. The van der Waals surface area contributed by atoms with Crippen molar-refractivity contribution in [2.24, 2.45) is 5.73 Å². The van der Waals surface area contributed by atoms with Crippen LogP contribution >= 0.6 is 0 Å². The largest absolute Gasteiger partial charge is 0.324 e. The topological polar surface area (TPSA) is 32.5 Å². The highest BCUT2D eigenvalue weighted by Gasteiger charge is 2.33. The van der Waals surface area contributed by atoms with Gasteiger partial charge in [0.25, 0.3) is 0 Å². The Hall–Kier alpha value is -0.120. The monoisotopic (exact) mass is 239 g/mol. The zero-order valence-electron chi connectivity index (χ0n) is 11.8. The molecule has 2 N–H and O–H groups in total. The lowest BCUT2D eigenvalue weighted by molar-refractivity contribution is 0.0410. The number of nitrogens with two attached hydrogens (primary N) is 1. The number of nitrogens with zero attached hydrogens (tertiary/aromatic N) is 2. The third kappa shape index (κ3) is 3.21. The van der Waals surface area contributed by atoms with Crippen LogP contribution in [0.5, 0.6) is 0 Å². The third-order valence-electron chi connectivity index (χ3n) is 4.82. The summed E-state index contributed by atoms with van der Waals surface area (Å²) in [5, 5.41) is 0. The van der Waals surface area contributed by atoms with Gasteiger partial charge in [-0.25, -0.2) is 0 Å². The Kier molecular flexibility index (Phi) is 4.11. The van der Waals surface area contributed by atoms with E-state index in [4.69, 9.17) is 5.73 Å². The first kappa shape index (κ1) is 13.3. The maximum absolute atomic E-state index is 6.56. The van der Waals surface area contributed by atoms with Crippen molar-refractivity contribution in [1.82, 2.24) is 9.80 Å². The molecule has 1 aliphatic heterocycles. The van der Waals surface area contributed by atoms with E-state index in [1.807, 2.05) is 0 Å². The minimum absolute atomic E-state index is 0.105. The highest BCUT2D eigenvalue weighted by atomic mass is 15.3. The quantitative estimate of drug-likeness (QED) is 0.795. The van der Waals surface area contributed by atoms with E-state index in [0.717, 1.165) is 6.54 Å². The fourth-order valence-electron chi connectivity index (χ4n) is 3.50. The predicted molar refractivity (Wildman–Crippen MR) is 73.1 cm³/mol. The van der Waals surface area contributed by atoms with Crippen LogP contribution in [-0.4, -0.2) is 54.1 Å². The van der Waals surface area contributed by atoms with Crippen molar-refractivity contribution in [3.8, 4) is 0 Å². The first-order valence-corrected chi connectivity index (χ1v) is 7.23. The molecule has 2 aliphatic rings. The van der Waals surface area contributed by atoms with Crippen molar-refractivity contribution >= 4 is 0 Å². The molecule has 2 rings (SSSR count). The van der Waals surface area contributed by atoms with Crippen molar-refractivity contribution in [2.45, 2.75) is 63.6 Å². The summed E-state index contributed by atoms with van der Waals surface area (Å²) in [5.41, 5.74) is 6.66. The average molecular weight is 239 g/mol. The molecule has 2 fully saturated rings. The molecule has 1 saturated heterocycles. The van der Waals surface area contributed by atoms with E-state index in [1.165, 1.54) is 45.2 Å². The van der Waals surface area contributed by atoms with Gasteiger partial charge < -0.3 is 5.73 Å². The van der Waals surface area contributed by atoms with Crippen LogP contribution in [-0.2, 0) is 0 Å². The molecule has 3 nitrogen and oxygen atoms in total. The Morgan fingerprint density at radius 3 is 2.12 bits per heavy atom. The lowest BCUT2D eigenvalue weighted by Crippen LogP contribution is -2.60. The van der Waals surface area contributed by atoms with Gasteiger partial charge in [0.05, 0.1) is 0 Å². The van der Waals surface area contributed by atoms with Crippen LogP contribution in [0.4, 0.5) is 0 Å². The highest BCUT2D eigenvalue weighted by molar-refractivity contribution is 4.93. The van der Waals surface area contributed by atoms with Gasteiger partial charge in [0.15, 0.2) is 0 Å². The molecule has 0 radical (unpaired) electrons. The molecule has 0 aromatic heterocycles. The Bertz CT molecular complexity index is 236. The van der Waals surface area contributed by atoms with E-state index in [2.05, 4.69) is 30.7 Å². The molecule has 0 bridgehead atoms. The number of hydrogen-bond acceptors (Lipinski definition) is 3. The molecule has 0 spiro atoms. The molecule has 1 saturated carbocycles. The number of rotatable bonds is 2. The first-order valence-electron chi connectivity index (χ1n) is 7.23. The van der Waals surface area contributed by atoms with E-state index in [-0.39, 0.29) is 5.54 Å². The van der Waals surface area contributed by atoms with Crippen molar-refractivity contribution < 1.29 is 0 Å². The molecule has 2 atom stereocenters. The van der Waals surface area contributed by atoms with E-state index >= 15 is 0 Å². The second kappa shape index (κ2) is 5.25. The Balaban J connectivity index is 1.90. The summed E-state index contributed by atoms with van der Waals surface area (Å²) in [6.07, 6.45) is 6.49. The summed E-state index contributed by atoms with van der Waals surface area (Å²) in [6, 6.07) is 1.32. The zero-order chi connectivity index (χ0) is 12.5. The van der Waals surface area contributed by atoms with Gasteiger partial charge in [0, 0.05) is 37.3 Å². The smallest absolute Gasteiger partial charge is 0.0283 e. The van der Waals surface area contributed by atoms with Gasteiger partial charge in [-0.1, -0.05) is 19.3 Å². The molecule has 3 heteroatoms. The third-order valence-corrected chi connectivity index (χ3v) is 4.82. The van der Waals surface area contributed by atoms with E-state index in [9.17, 15) is 0 Å². The van der Waals surface area contributed by atoms with Crippen LogP contribution in [0.3, 0.4) is 0 Å². The lowest BCUT2D eigenvalue weighted by atomic mass is 9.82. The van der Waals surface area contributed by atoms with Crippen LogP contribution in [0.2, 0.25) is 0 Å². The summed E-state index contributed by atoms with van der Waals surface area (Å²) in [7, 11) is 2.24. The van der Waals surface area contributed by atoms with Gasteiger partial charge in [0.1, 0.15) is 0 Å². The van der Waals surface area contributed by atoms with E-state index in [1.54, 1.807) is 0 Å². The van der Waals surface area contributed by atoms with Crippen LogP contribution < -0.4 is 5.73 Å². The summed E-state index contributed by atoms with van der Waals surface area (Å²) < 4.78 is 0. The van der Waals surface area contributed by atoms with E-state index < -0.39 is 0 Å². The Morgan fingerprint density at radius 1 is 1.06 bits per heavy atom. The Morgan fingerprint density at radius 2 is 1.59 bits per heavy atom. The Labute approximate surface area is 106 Å². The van der Waals surface area contributed by atoms with Gasteiger partial charge in [-0.05, 0) is 33.7 Å². The fourth-order valence-corrected chi connectivity index (χ4v) is 3.50. The zero-order valence-corrected chi connectivity index (χ0v) is 11.8. The fraction of sp³-hybridized carbons (Fsp3) is 1.00. The minimum atomic E-state index is 0.105. The summed E-state index contributed by atoms with van der Waals surface area (Å²) >= 11 is 0. The van der Waals surface area contributed by atoms with Gasteiger partial charge >= 0.3 is 0 Å². The SMILES string of the molecule is CC1CN(CC2(N)CCCCC2)CC(C)N1C. The average Bonchev–Trinajstić information content (AvgIpc) is 2.26. The van der Waals surface area contributed by atoms with Crippen molar-refractivity contribution in [1.29, 1.82) is 0 Å². The molecular weight excluding hydrogens is 210 g/mol. The molecule has 0 aromatic carbocycles. The number of likely N-dealkylation sites (N-methyl/N-ethyl adjacent to an activating group) is 1. The van der Waals surface area contributed by atoms with Crippen molar-refractivity contribution in [2.75, 3.05) is 26.7 Å². The second-order valence-corrected chi connectivity index (χ2v) is 6.48. The summed E-state index contributed by atoms with van der Waals surface area (Å²) in [6.45, 7) is 8.12.